The van der Waals surface area contributed by atoms with E-state index in [-0.39, 0.29) is 28.9 Å². The molecule has 0 unspecified atom stereocenters. The van der Waals surface area contributed by atoms with Crippen molar-refractivity contribution in [3.8, 4) is 5.75 Å². The molecule has 0 bridgehead atoms. The molecule has 0 aliphatic rings. The zero-order valence-electron chi connectivity index (χ0n) is 15.3. The molecule has 0 saturated carbocycles. The molecule has 0 atom stereocenters. The van der Waals surface area contributed by atoms with Crippen molar-refractivity contribution < 1.29 is 22.3 Å². The van der Waals surface area contributed by atoms with Crippen LogP contribution in [0.4, 0.5) is 4.39 Å². The molecule has 0 spiro atoms. The van der Waals surface area contributed by atoms with Gasteiger partial charge in [0.2, 0.25) is 15.9 Å². The molecule has 2 rings (SSSR count). The monoisotopic (exact) mass is 392 g/mol. The number of rotatable bonds is 7. The van der Waals surface area contributed by atoms with Gasteiger partial charge in [0.1, 0.15) is 16.5 Å². The molecule has 1 amide bonds. The smallest absolute Gasteiger partial charge is 0.246 e. The molecule has 8 heteroatoms. The van der Waals surface area contributed by atoms with Gasteiger partial charge in [0, 0.05) is 25.2 Å². The summed E-state index contributed by atoms with van der Waals surface area (Å²) >= 11 is 0. The van der Waals surface area contributed by atoms with Gasteiger partial charge >= 0.3 is 0 Å². The number of methoxy groups -OCH3 is 1. The number of halogens is 1. The molecule has 0 aromatic heterocycles. The minimum Gasteiger partial charge on any atom is -0.495 e. The molecule has 0 aliphatic heterocycles. The van der Waals surface area contributed by atoms with Crippen LogP contribution in [0.5, 0.6) is 5.75 Å². The SMILES string of the molecule is CNS(=O)(=O)c1cc(/C=C/C(=O)N(C)Cc2ccccc2F)ccc1OC. The maximum atomic E-state index is 13.7. The number of hydrogen-bond donors (Lipinski definition) is 1. The number of nitrogens with one attached hydrogen (secondary N) is 1. The van der Waals surface area contributed by atoms with E-state index in [2.05, 4.69) is 4.72 Å². The van der Waals surface area contributed by atoms with E-state index in [0.29, 0.717) is 11.1 Å². The first-order valence-electron chi connectivity index (χ1n) is 8.06. The lowest BCUT2D eigenvalue weighted by molar-refractivity contribution is -0.125. The van der Waals surface area contributed by atoms with Crippen molar-refractivity contribution in [2.45, 2.75) is 11.4 Å². The van der Waals surface area contributed by atoms with E-state index in [0.717, 1.165) is 0 Å². The van der Waals surface area contributed by atoms with Crippen molar-refractivity contribution in [2.24, 2.45) is 0 Å². The summed E-state index contributed by atoms with van der Waals surface area (Å²) in [6, 6.07) is 10.8. The molecule has 0 radical (unpaired) electrons. The van der Waals surface area contributed by atoms with E-state index >= 15 is 0 Å². The molecule has 0 heterocycles. The third-order valence-electron chi connectivity index (χ3n) is 3.91. The number of carbonyl (C=O) groups excluding carboxylic acids is 1. The number of likely N-dealkylation sites (N-methyl/N-ethyl adjacent to an activating group) is 1. The molecule has 1 N–H and O–H groups in total. The zero-order chi connectivity index (χ0) is 20.0. The van der Waals surface area contributed by atoms with E-state index in [4.69, 9.17) is 4.74 Å². The highest BCUT2D eigenvalue weighted by atomic mass is 32.2. The van der Waals surface area contributed by atoms with E-state index in [1.54, 1.807) is 31.3 Å². The standard InChI is InChI=1S/C19H21FN2O4S/c1-21-27(24,25)18-12-14(8-10-17(18)26-3)9-11-19(23)22(2)13-15-6-4-5-7-16(15)20/h4-12,21H,13H2,1-3H3/b11-9+. The molecule has 0 fully saturated rings. The molecule has 0 aliphatic carbocycles. The Bertz CT molecular complexity index is 958. The summed E-state index contributed by atoms with van der Waals surface area (Å²) in [5, 5.41) is 0. The summed E-state index contributed by atoms with van der Waals surface area (Å²) < 4.78 is 45.2. The fourth-order valence-corrected chi connectivity index (χ4v) is 3.30. The number of ether oxygens (including phenoxy) is 1. The predicted molar refractivity (Wildman–Crippen MR) is 101 cm³/mol. The Morgan fingerprint density at radius 1 is 1.26 bits per heavy atom. The first kappa shape index (κ1) is 20.6. The number of carbonyl (C=O) groups is 1. The van der Waals surface area contributed by atoms with E-state index in [9.17, 15) is 17.6 Å². The number of sulfonamides is 1. The van der Waals surface area contributed by atoms with Crippen molar-refractivity contribution >= 4 is 22.0 Å². The van der Waals surface area contributed by atoms with Crippen LogP contribution in [0.2, 0.25) is 0 Å². The maximum absolute atomic E-state index is 13.7. The van der Waals surface area contributed by atoms with Crippen LogP contribution in [-0.2, 0) is 21.4 Å². The van der Waals surface area contributed by atoms with Gasteiger partial charge < -0.3 is 9.64 Å². The minimum absolute atomic E-state index is 0.0261. The third-order valence-corrected chi connectivity index (χ3v) is 5.34. The Morgan fingerprint density at radius 2 is 1.96 bits per heavy atom. The second-order valence-corrected chi connectivity index (χ2v) is 7.59. The summed E-state index contributed by atoms with van der Waals surface area (Å²) in [5.74, 6) is -0.519. The molecule has 2 aromatic rings. The van der Waals surface area contributed by atoms with Crippen LogP contribution >= 0.6 is 0 Å². The van der Waals surface area contributed by atoms with Gasteiger partial charge in [0.25, 0.3) is 0 Å². The number of hydrogen-bond acceptors (Lipinski definition) is 4. The summed E-state index contributed by atoms with van der Waals surface area (Å²) in [6.45, 7) is 0.123. The van der Waals surface area contributed by atoms with E-state index in [1.165, 1.54) is 49.4 Å². The lowest BCUT2D eigenvalue weighted by Crippen LogP contribution is -2.24. The molecular formula is C19H21FN2O4S. The van der Waals surface area contributed by atoms with Crippen molar-refractivity contribution in [3.63, 3.8) is 0 Å². The maximum Gasteiger partial charge on any atom is 0.246 e. The van der Waals surface area contributed by atoms with Crippen LogP contribution in [-0.4, -0.2) is 40.4 Å². The Hall–Kier alpha value is -2.71. The lowest BCUT2D eigenvalue weighted by atomic mass is 10.2. The van der Waals surface area contributed by atoms with Crippen LogP contribution in [0.15, 0.2) is 53.4 Å². The molecule has 0 saturated heterocycles. The molecule has 2 aromatic carbocycles. The lowest BCUT2D eigenvalue weighted by Gasteiger charge is -2.15. The Morgan fingerprint density at radius 3 is 2.59 bits per heavy atom. The van der Waals surface area contributed by atoms with Gasteiger partial charge in [-0.2, -0.15) is 0 Å². The largest absolute Gasteiger partial charge is 0.495 e. The molecular weight excluding hydrogens is 371 g/mol. The molecule has 144 valence electrons. The van der Waals surface area contributed by atoms with Gasteiger partial charge in [-0.1, -0.05) is 24.3 Å². The average Bonchev–Trinajstić information content (AvgIpc) is 2.67. The zero-order valence-corrected chi connectivity index (χ0v) is 16.1. The van der Waals surface area contributed by atoms with Crippen LogP contribution in [0, 0.1) is 5.82 Å². The van der Waals surface area contributed by atoms with Gasteiger partial charge in [-0.05, 0) is 36.9 Å². The average molecular weight is 392 g/mol. The third kappa shape index (κ3) is 5.15. The van der Waals surface area contributed by atoms with Crippen LogP contribution in [0.25, 0.3) is 6.08 Å². The number of nitrogens with zero attached hydrogens (tertiary/aromatic N) is 1. The van der Waals surface area contributed by atoms with Gasteiger partial charge in [0.05, 0.1) is 7.11 Å². The highest BCUT2D eigenvalue weighted by molar-refractivity contribution is 7.89. The summed E-state index contributed by atoms with van der Waals surface area (Å²) in [5.41, 5.74) is 0.922. The first-order chi connectivity index (χ1) is 12.8. The Balaban J connectivity index is 2.18. The predicted octanol–water partition coefficient (Wildman–Crippen LogP) is 2.41. The van der Waals surface area contributed by atoms with Crippen molar-refractivity contribution in [1.82, 2.24) is 9.62 Å². The van der Waals surface area contributed by atoms with Crippen molar-refractivity contribution in [3.05, 3.63) is 65.5 Å². The summed E-state index contributed by atoms with van der Waals surface area (Å²) in [7, 11) is 0.530. The van der Waals surface area contributed by atoms with E-state index < -0.39 is 10.0 Å². The molecule has 27 heavy (non-hydrogen) atoms. The van der Waals surface area contributed by atoms with Gasteiger partial charge in [-0.15, -0.1) is 0 Å². The van der Waals surface area contributed by atoms with Gasteiger partial charge in [0.15, 0.2) is 0 Å². The van der Waals surface area contributed by atoms with Gasteiger partial charge in [-0.25, -0.2) is 17.5 Å². The number of benzene rings is 2. The summed E-state index contributed by atoms with van der Waals surface area (Å²) in [4.78, 5) is 13.6. The fraction of sp³-hybridized carbons (Fsp3) is 0.211. The second kappa shape index (κ2) is 8.79. The van der Waals surface area contributed by atoms with E-state index in [1.807, 2.05) is 0 Å². The normalized spacial score (nSPS) is 11.6. The van der Waals surface area contributed by atoms with Crippen molar-refractivity contribution in [2.75, 3.05) is 21.2 Å². The summed E-state index contributed by atoms with van der Waals surface area (Å²) in [6.07, 6.45) is 2.80. The second-order valence-electron chi connectivity index (χ2n) is 5.74. The minimum atomic E-state index is -3.71. The highest BCUT2D eigenvalue weighted by Gasteiger charge is 2.18. The highest BCUT2D eigenvalue weighted by Crippen LogP contribution is 2.25. The first-order valence-corrected chi connectivity index (χ1v) is 9.55. The van der Waals surface area contributed by atoms with Crippen LogP contribution < -0.4 is 9.46 Å². The molecule has 6 nitrogen and oxygen atoms in total. The fourth-order valence-electron chi connectivity index (χ4n) is 2.37. The van der Waals surface area contributed by atoms with Crippen molar-refractivity contribution in [1.29, 1.82) is 0 Å². The Kier molecular flexibility index (Phi) is 6.70. The van der Waals surface area contributed by atoms with Crippen LogP contribution in [0.3, 0.4) is 0 Å². The Labute approximate surface area is 158 Å². The number of amides is 1. The van der Waals surface area contributed by atoms with Crippen LogP contribution in [0.1, 0.15) is 11.1 Å². The quantitative estimate of drug-likeness (QED) is 0.735. The topological polar surface area (TPSA) is 75.7 Å². The van der Waals surface area contributed by atoms with Gasteiger partial charge in [-0.3, -0.25) is 4.79 Å².